The predicted molar refractivity (Wildman–Crippen MR) is 102 cm³/mol. The Morgan fingerprint density at radius 2 is 2.00 bits per heavy atom. The quantitative estimate of drug-likeness (QED) is 0.727. The SMILES string of the molecule is O=C(NCCCc1ccc(Br)cc1F)C1CCN(c2ncccn2)CC1. The maximum absolute atomic E-state index is 13.8. The molecule has 1 aromatic carbocycles. The number of piperidine rings is 1. The third-order valence-corrected chi connectivity index (χ3v) is 5.13. The summed E-state index contributed by atoms with van der Waals surface area (Å²) in [5.41, 5.74) is 0.679. The van der Waals surface area contributed by atoms with E-state index in [1.165, 1.54) is 6.07 Å². The van der Waals surface area contributed by atoms with Crippen LogP contribution in [0.5, 0.6) is 0 Å². The van der Waals surface area contributed by atoms with Crippen LogP contribution in [0, 0.1) is 11.7 Å². The summed E-state index contributed by atoms with van der Waals surface area (Å²) >= 11 is 3.25. The van der Waals surface area contributed by atoms with Crippen LogP contribution in [0.4, 0.5) is 10.3 Å². The molecule has 26 heavy (non-hydrogen) atoms. The fourth-order valence-electron chi connectivity index (χ4n) is 3.16. The summed E-state index contributed by atoms with van der Waals surface area (Å²) in [4.78, 5) is 22.9. The lowest BCUT2D eigenvalue weighted by molar-refractivity contribution is -0.125. The number of carbonyl (C=O) groups excluding carboxylic acids is 1. The molecule has 1 aromatic heterocycles. The number of rotatable bonds is 6. The second-order valence-corrected chi connectivity index (χ2v) is 7.36. The lowest BCUT2D eigenvalue weighted by Crippen LogP contribution is -2.41. The molecule has 5 nitrogen and oxygen atoms in total. The number of carbonyl (C=O) groups is 1. The van der Waals surface area contributed by atoms with E-state index in [0.717, 1.165) is 42.8 Å². The van der Waals surface area contributed by atoms with Crippen LogP contribution >= 0.6 is 15.9 Å². The molecule has 1 amide bonds. The number of hydrogen-bond acceptors (Lipinski definition) is 4. The standard InChI is InChI=1S/C19H22BrFN4O/c20-16-5-4-14(17(21)13-16)3-1-8-22-18(26)15-6-11-25(12-7-15)19-23-9-2-10-24-19/h2,4-5,9-10,13,15H,1,3,6-8,11-12H2,(H,22,26). The van der Waals surface area contributed by atoms with Crippen LogP contribution in [-0.2, 0) is 11.2 Å². The van der Waals surface area contributed by atoms with Crippen LogP contribution in [0.15, 0.2) is 41.1 Å². The van der Waals surface area contributed by atoms with Gasteiger partial charge in [0.05, 0.1) is 0 Å². The van der Waals surface area contributed by atoms with Gasteiger partial charge in [-0.25, -0.2) is 14.4 Å². The Labute approximate surface area is 161 Å². The van der Waals surface area contributed by atoms with Gasteiger partial charge in [0, 0.05) is 42.4 Å². The van der Waals surface area contributed by atoms with E-state index in [1.54, 1.807) is 24.5 Å². The summed E-state index contributed by atoms with van der Waals surface area (Å²) in [6.45, 7) is 2.13. The van der Waals surface area contributed by atoms with Crippen molar-refractivity contribution in [3.05, 3.63) is 52.5 Å². The topological polar surface area (TPSA) is 58.1 Å². The molecule has 0 atom stereocenters. The molecule has 0 saturated carbocycles. The van der Waals surface area contributed by atoms with Crippen LogP contribution in [-0.4, -0.2) is 35.5 Å². The number of hydrogen-bond donors (Lipinski definition) is 1. The highest BCUT2D eigenvalue weighted by Gasteiger charge is 2.25. The van der Waals surface area contributed by atoms with Gasteiger partial charge in [-0.1, -0.05) is 22.0 Å². The van der Waals surface area contributed by atoms with E-state index in [9.17, 15) is 9.18 Å². The van der Waals surface area contributed by atoms with Crippen molar-refractivity contribution in [2.75, 3.05) is 24.5 Å². The molecule has 7 heteroatoms. The number of halogens is 2. The lowest BCUT2D eigenvalue weighted by atomic mass is 9.96. The second kappa shape index (κ2) is 9.07. The molecule has 1 saturated heterocycles. The first-order chi connectivity index (χ1) is 12.6. The average molecular weight is 421 g/mol. The summed E-state index contributed by atoms with van der Waals surface area (Å²) in [6, 6.07) is 6.88. The highest BCUT2D eigenvalue weighted by atomic mass is 79.9. The van der Waals surface area contributed by atoms with E-state index in [2.05, 4.69) is 36.1 Å². The summed E-state index contributed by atoms with van der Waals surface area (Å²) in [5.74, 6) is 0.637. The summed E-state index contributed by atoms with van der Waals surface area (Å²) in [6.07, 6.45) is 6.39. The summed E-state index contributed by atoms with van der Waals surface area (Å²) in [5, 5.41) is 2.99. The molecule has 0 bridgehead atoms. The minimum atomic E-state index is -0.207. The summed E-state index contributed by atoms with van der Waals surface area (Å²) in [7, 11) is 0. The first kappa shape index (κ1) is 18.8. The molecule has 0 unspecified atom stereocenters. The predicted octanol–water partition coefficient (Wildman–Crippen LogP) is 3.34. The molecule has 1 fully saturated rings. The maximum Gasteiger partial charge on any atom is 0.225 e. The normalized spacial score (nSPS) is 15.1. The van der Waals surface area contributed by atoms with Crippen molar-refractivity contribution >= 4 is 27.8 Å². The van der Waals surface area contributed by atoms with Crippen LogP contribution < -0.4 is 10.2 Å². The zero-order valence-corrected chi connectivity index (χ0v) is 16.1. The molecular formula is C19H22BrFN4O. The van der Waals surface area contributed by atoms with Crippen molar-refractivity contribution in [3.63, 3.8) is 0 Å². The molecule has 3 rings (SSSR count). The van der Waals surface area contributed by atoms with Crippen LogP contribution in [0.25, 0.3) is 0 Å². The number of amides is 1. The van der Waals surface area contributed by atoms with Crippen molar-refractivity contribution in [2.24, 2.45) is 5.92 Å². The van der Waals surface area contributed by atoms with E-state index >= 15 is 0 Å². The number of aryl methyl sites for hydroxylation is 1. The van der Waals surface area contributed by atoms with Crippen LogP contribution in [0.2, 0.25) is 0 Å². The van der Waals surface area contributed by atoms with Gasteiger partial charge in [-0.05, 0) is 49.4 Å². The van der Waals surface area contributed by atoms with Gasteiger partial charge >= 0.3 is 0 Å². The first-order valence-electron chi connectivity index (χ1n) is 8.87. The van der Waals surface area contributed by atoms with Crippen molar-refractivity contribution < 1.29 is 9.18 Å². The fraction of sp³-hybridized carbons (Fsp3) is 0.421. The number of anilines is 1. The largest absolute Gasteiger partial charge is 0.356 e. The maximum atomic E-state index is 13.8. The molecule has 138 valence electrons. The second-order valence-electron chi connectivity index (χ2n) is 6.44. The van der Waals surface area contributed by atoms with Gasteiger partial charge < -0.3 is 10.2 Å². The summed E-state index contributed by atoms with van der Waals surface area (Å²) < 4.78 is 14.5. The van der Waals surface area contributed by atoms with Crippen molar-refractivity contribution in [1.29, 1.82) is 0 Å². The molecule has 1 N–H and O–H groups in total. The van der Waals surface area contributed by atoms with Gasteiger partial charge in [0.25, 0.3) is 0 Å². The third kappa shape index (κ3) is 5.00. The Balaban J connectivity index is 1.38. The smallest absolute Gasteiger partial charge is 0.225 e. The Bertz CT molecular complexity index is 736. The number of nitrogens with one attached hydrogen (secondary N) is 1. The lowest BCUT2D eigenvalue weighted by Gasteiger charge is -2.31. The number of benzene rings is 1. The molecule has 1 aliphatic rings. The van der Waals surface area contributed by atoms with Gasteiger partial charge in [0.15, 0.2) is 0 Å². The third-order valence-electron chi connectivity index (χ3n) is 4.64. The molecule has 1 aliphatic heterocycles. The van der Waals surface area contributed by atoms with Gasteiger partial charge in [-0.15, -0.1) is 0 Å². The minimum Gasteiger partial charge on any atom is -0.356 e. The van der Waals surface area contributed by atoms with Crippen LogP contribution in [0.3, 0.4) is 0 Å². The van der Waals surface area contributed by atoms with Gasteiger partial charge in [-0.2, -0.15) is 0 Å². The number of nitrogens with zero attached hydrogens (tertiary/aromatic N) is 3. The Hall–Kier alpha value is -2.02. The Kier molecular flexibility index (Phi) is 6.55. The fourth-order valence-corrected chi connectivity index (χ4v) is 3.49. The zero-order valence-electron chi connectivity index (χ0n) is 14.5. The zero-order chi connectivity index (χ0) is 18.4. The van der Waals surface area contributed by atoms with E-state index in [1.807, 2.05) is 6.07 Å². The minimum absolute atomic E-state index is 0.0272. The first-order valence-corrected chi connectivity index (χ1v) is 9.66. The molecule has 0 spiro atoms. The van der Waals surface area contributed by atoms with E-state index < -0.39 is 0 Å². The Morgan fingerprint density at radius 1 is 1.27 bits per heavy atom. The highest BCUT2D eigenvalue weighted by Crippen LogP contribution is 2.20. The van der Waals surface area contributed by atoms with Gasteiger partial charge in [0.2, 0.25) is 11.9 Å². The van der Waals surface area contributed by atoms with Gasteiger partial charge in [-0.3, -0.25) is 4.79 Å². The molecule has 2 aromatic rings. The monoisotopic (exact) mass is 420 g/mol. The van der Waals surface area contributed by atoms with E-state index in [4.69, 9.17) is 0 Å². The highest BCUT2D eigenvalue weighted by molar-refractivity contribution is 9.10. The Morgan fingerprint density at radius 3 is 2.69 bits per heavy atom. The number of aromatic nitrogens is 2. The molecular weight excluding hydrogens is 399 g/mol. The van der Waals surface area contributed by atoms with Crippen LogP contribution in [0.1, 0.15) is 24.8 Å². The van der Waals surface area contributed by atoms with Gasteiger partial charge in [0.1, 0.15) is 5.82 Å². The molecule has 0 aliphatic carbocycles. The molecule has 2 heterocycles. The average Bonchev–Trinajstić information content (AvgIpc) is 2.67. The van der Waals surface area contributed by atoms with Crippen molar-refractivity contribution in [2.45, 2.75) is 25.7 Å². The van der Waals surface area contributed by atoms with E-state index in [-0.39, 0.29) is 17.6 Å². The van der Waals surface area contributed by atoms with Crippen molar-refractivity contribution in [3.8, 4) is 0 Å². The molecule has 0 radical (unpaired) electrons. The van der Waals surface area contributed by atoms with Crippen molar-refractivity contribution in [1.82, 2.24) is 15.3 Å². The van der Waals surface area contributed by atoms with E-state index in [0.29, 0.717) is 18.5 Å².